The highest BCUT2D eigenvalue weighted by molar-refractivity contribution is 5.95. The quantitative estimate of drug-likeness (QED) is 0.645. The third kappa shape index (κ3) is 5.46. The number of ether oxygens (including phenoxy) is 2. The van der Waals surface area contributed by atoms with Crippen molar-refractivity contribution in [1.82, 2.24) is 10.2 Å². The molecule has 0 unspecified atom stereocenters. The van der Waals surface area contributed by atoms with Crippen LogP contribution in [0.5, 0.6) is 5.75 Å². The van der Waals surface area contributed by atoms with E-state index in [1.54, 1.807) is 64.2 Å². The molecule has 168 valence electrons. The van der Waals surface area contributed by atoms with Gasteiger partial charge in [0.15, 0.2) is 6.61 Å². The lowest BCUT2D eigenvalue weighted by Crippen LogP contribution is -2.46. The summed E-state index contributed by atoms with van der Waals surface area (Å²) in [6, 6.07) is 15.0. The van der Waals surface area contributed by atoms with Crippen molar-refractivity contribution in [3.05, 3.63) is 71.4 Å². The van der Waals surface area contributed by atoms with Gasteiger partial charge >= 0.3 is 12.0 Å². The van der Waals surface area contributed by atoms with Crippen molar-refractivity contribution in [2.45, 2.75) is 32.9 Å². The molecule has 1 heterocycles. The summed E-state index contributed by atoms with van der Waals surface area (Å²) in [5.41, 5.74) is 2.02. The van der Waals surface area contributed by atoms with Crippen molar-refractivity contribution in [3.8, 4) is 5.75 Å². The van der Waals surface area contributed by atoms with E-state index in [0.29, 0.717) is 28.3 Å². The first-order chi connectivity index (χ1) is 15.3. The van der Waals surface area contributed by atoms with E-state index in [9.17, 15) is 14.4 Å². The Balaban J connectivity index is 1.79. The van der Waals surface area contributed by atoms with E-state index >= 15 is 0 Å². The van der Waals surface area contributed by atoms with E-state index < -0.39 is 12.0 Å². The van der Waals surface area contributed by atoms with Gasteiger partial charge in [-0.3, -0.25) is 4.79 Å². The smallest absolute Gasteiger partial charge is 0.338 e. The Morgan fingerprint density at radius 1 is 1.12 bits per heavy atom. The average molecular weight is 437 g/mol. The zero-order valence-electron chi connectivity index (χ0n) is 18.5. The molecule has 8 heteroatoms. The minimum Gasteiger partial charge on any atom is -0.484 e. The maximum absolute atomic E-state index is 12.8. The second kappa shape index (κ2) is 10.00. The van der Waals surface area contributed by atoms with E-state index in [1.165, 1.54) is 4.90 Å². The van der Waals surface area contributed by atoms with E-state index in [4.69, 9.17) is 9.47 Å². The maximum atomic E-state index is 12.8. The molecule has 8 nitrogen and oxygen atoms in total. The van der Waals surface area contributed by atoms with Gasteiger partial charge in [-0.15, -0.1) is 0 Å². The van der Waals surface area contributed by atoms with E-state index in [-0.39, 0.29) is 24.6 Å². The van der Waals surface area contributed by atoms with Gasteiger partial charge in [-0.25, -0.2) is 9.59 Å². The average Bonchev–Trinajstić information content (AvgIpc) is 2.76. The van der Waals surface area contributed by atoms with Crippen molar-refractivity contribution in [3.63, 3.8) is 0 Å². The molecule has 0 aliphatic carbocycles. The monoisotopic (exact) mass is 437 g/mol. The Bertz CT molecular complexity index is 1030. The van der Waals surface area contributed by atoms with Crippen molar-refractivity contribution in [2.75, 3.05) is 19.0 Å². The van der Waals surface area contributed by atoms with E-state index in [2.05, 4.69) is 10.6 Å². The number of hydrogen-bond donors (Lipinski definition) is 2. The molecule has 1 aliphatic heterocycles. The summed E-state index contributed by atoms with van der Waals surface area (Å²) in [6.45, 7) is 5.09. The van der Waals surface area contributed by atoms with Gasteiger partial charge in [0.1, 0.15) is 5.75 Å². The van der Waals surface area contributed by atoms with Crippen molar-refractivity contribution in [1.29, 1.82) is 0 Å². The van der Waals surface area contributed by atoms with Crippen LogP contribution in [-0.4, -0.2) is 42.6 Å². The number of benzene rings is 2. The zero-order valence-corrected chi connectivity index (χ0v) is 18.5. The van der Waals surface area contributed by atoms with Gasteiger partial charge in [0.05, 0.1) is 17.7 Å². The van der Waals surface area contributed by atoms with Crippen LogP contribution in [0.15, 0.2) is 65.9 Å². The predicted molar refractivity (Wildman–Crippen MR) is 120 cm³/mol. The summed E-state index contributed by atoms with van der Waals surface area (Å²) in [5, 5.41) is 5.62. The lowest BCUT2D eigenvalue weighted by atomic mass is 9.94. The van der Waals surface area contributed by atoms with Crippen LogP contribution >= 0.6 is 0 Å². The van der Waals surface area contributed by atoms with Crippen molar-refractivity contribution in [2.24, 2.45) is 0 Å². The molecule has 1 atom stereocenters. The Hall–Kier alpha value is -3.81. The fraction of sp³-hybridized carbons (Fsp3) is 0.292. The Labute approximate surface area is 187 Å². The van der Waals surface area contributed by atoms with Gasteiger partial charge in [-0.2, -0.15) is 0 Å². The molecule has 3 amide bonds. The van der Waals surface area contributed by atoms with Crippen molar-refractivity contribution < 1.29 is 23.9 Å². The lowest BCUT2D eigenvalue weighted by molar-refractivity contribution is -0.143. The first kappa shape index (κ1) is 22.9. The summed E-state index contributed by atoms with van der Waals surface area (Å²) in [7, 11) is 1.59. The molecule has 1 aliphatic rings. The van der Waals surface area contributed by atoms with Gasteiger partial charge < -0.3 is 25.0 Å². The van der Waals surface area contributed by atoms with Crippen LogP contribution in [-0.2, 0) is 14.3 Å². The number of amides is 3. The first-order valence-electron chi connectivity index (χ1n) is 10.3. The highest BCUT2D eigenvalue weighted by Crippen LogP contribution is 2.32. The minimum atomic E-state index is -0.706. The van der Waals surface area contributed by atoms with Gasteiger partial charge in [0.2, 0.25) is 0 Å². The fourth-order valence-electron chi connectivity index (χ4n) is 3.29. The third-order valence-corrected chi connectivity index (χ3v) is 4.93. The summed E-state index contributed by atoms with van der Waals surface area (Å²) >= 11 is 0. The largest absolute Gasteiger partial charge is 0.484 e. The van der Waals surface area contributed by atoms with Gasteiger partial charge in [0.25, 0.3) is 5.91 Å². The Kier molecular flexibility index (Phi) is 7.14. The molecular formula is C24H27N3O5. The molecule has 0 spiro atoms. The second-order valence-electron chi connectivity index (χ2n) is 7.67. The van der Waals surface area contributed by atoms with Crippen LogP contribution in [0, 0.1) is 0 Å². The SMILES string of the molecule is CC1=C(C(=O)OC(C)C)[C@H](c2cccc(NC(=O)COc3ccccc3)c2)NC(=O)N1C. The number of hydrogen-bond acceptors (Lipinski definition) is 5. The molecule has 0 saturated heterocycles. The summed E-state index contributed by atoms with van der Waals surface area (Å²) in [4.78, 5) is 38.9. The van der Waals surface area contributed by atoms with Crippen LogP contribution < -0.4 is 15.4 Å². The number of nitrogens with one attached hydrogen (secondary N) is 2. The van der Waals surface area contributed by atoms with Crippen molar-refractivity contribution >= 4 is 23.6 Å². The number of esters is 1. The van der Waals surface area contributed by atoms with Gasteiger partial charge in [-0.05, 0) is 50.6 Å². The molecule has 2 aromatic rings. The second-order valence-corrected chi connectivity index (χ2v) is 7.67. The standard InChI is InChI=1S/C24H27N3O5/c1-15(2)32-23(29)21-16(3)27(4)24(30)26-22(21)17-9-8-10-18(13-17)25-20(28)14-31-19-11-6-5-7-12-19/h5-13,15,22H,14H2,1-4H3,(H,25,28)(H,26,30)/t22-/m0/s1. The van der Waals surface area contributed by atoms with Crippen LogP contribution in [0.2, 0.25) is 0 Å². The third-order valence-electron chi connectivity index (χ3n) is 4.93. The molecule has 0 fully saturated rings. The van der Waals surface area contributed by atoms with Crippen LogP contribution in [0.1, 0.15) is 32.4 Å². The number of allylic oxidation sites excluding steroid dienone is 1. The van der Waals surface area contributed by atoms with E-state index in [1.807, 2.05) is 18.2 Å². The molecule has 3 rings (SSSR count). The fourth-order valence-corrected chi connectivity index (χ4v) is 3.29. The maximum Gasteiger partial charge on any atom is 0.338 e. The molecule has 0 saturated carbocycles. The summed E-state index contributed by atoms with van der Waals surface area (Å²) in [6.07, 6.45) is -0.304. The number of para-hydroxylation sites is 1. The highest BCUT2D eigenvalue weighted by Gasteiger charge is 2.35. The van der Waals surface area contributed by atoms with Crippen LogP contribution in [0.4, 0.5) is 10.5 Å². The number of carbonyl (C=O) groups is 3. The molecule has 0 radical (unpaired) electrons. The molecule has 2 N–H and O–H groups in total. The summed E-state index contributed by atoms with van der Waals surface area (Å²) < 4.78 is 10.9. The number of urea groups is 1. The highest BCUT2D eigenvalue weighted by atomic mass is 16.5. The minimum absolute atomic E-state index is 0.149. The Morgan fingerprint density at radius 3 is 2.53 bits per heavy atom. The normalized spacial score (nSPS) is 16.0. The van der Waals surface area contributed by atoms with Crippen LogP contribution in [0.25, 0.3) is 0 Å². The number of carbonyl (C=O) groups excluding carboxylic acids is 3. The first-order valence-corrected chi connectivity index (χ1v) is 10.3. The lowest BCUT2D eigenvalue weighted by Gasteiger charge is -2.33. The van der Waals surface area contributed by atoms with Gasteiger partial charge in [0, 0.05) is 18.4 Å². The molecule has 0 bridgehead atoms. The van der Waals surface area contributed by atoms with E-state index in [0.717, 1.165) is 0 Å². The number of anilines is 1. The zero-order chi connectivity index (χ0) is 23.3. The predicted octanol–water partition coefficient (Wildman–Crippen LogP) is 3.63. The summed E-state index contributed by atoms with van der Waals surface area (Å²) in [5.74, 6) is -0.232. The topological polar surface area (TPSA) is 97.0 Å². The Morgan fingerprint density at radius 2 is 1.84 bits per heavy atom. The molecular weight excluding hydrogens is 410 g/mol. The molecule has 0 aromatic heterocycles. The molecule has 2 aromatic carbocycles. The number of nitrogens with zero attached hydrogens (tertiary/aromatic N) is 1. The number of rotatable bonds is 7. The van der Waals surface area contributed by atoms with Gasteiger partial charge in [-0.1, -0.05) is 30.3 Å². The molecule has 32 heavy (non-hydrogen) atoms. The van der Waals surface area contributed by atoms with Crippen LogP contribution in [0.3, 0.4) is 0 Å².